The molecule has 2 heterocycles. The first kappa shape index (κ1) is 23.6. The first-order valence-corrected chi connectivity index (χ1v) is 14.8. The summed E-state index contributed by atoms with van der Waals surface area (Å²) in [6.07, 6.45) is 12.7. The largest absolute Gasteiger partial charge is 0.455 e. The van der Waals surface area contributed by atoms with Gasteiger partial charge in [0.25, 0.3) is 0 Å². The number of thiophene rings is 1. The SMILES string of the molecule is CCCCCCc1ccc2c(c1)oc1c2ccc2c1ccc1c3ccc(CCCCCC)cc3sc12. The zero-order valence-electron chi connectivity index (χ0n) is 21.7. The van der Waals surface area contributed by atoms with Crippen molar-refractivity contribution in [3.05, 3.63) is 71.8 Å². The second kappa shape index (κ2) is 10.3. The van der Waals surface area contributed by atoms with E-state index in [1.165, 1.54) is 111 Å². The highest BCUT2D eigenvalue weighted by Crippen LogP contribution is 2.42. The van der Waals surface area contributed by atoms with Gasteiger partial charge in [-0.3, -0.25) is 0 Å². The average Bonchev–Trinajstić information content (AvgIpc) is 3.46. The van der Waals surface area contributed by atoms with Crippen molar-refractivity contribution in [2.45, 2.75) is 78.1 Å². The van der Waals surface area contributed by atoms with Gasteiger partial charge in [0, 0.05) is 41.7 Å². The first-order chi connectivity index (χ1) is 17.8. The van der Waals surface area contributed by atoms with Gasteiger partial charge in [-0.2, -0.15) is 0 Å². The van der Waals surface area contributed by atoms with Crippen LogP contribution >= 0.6 is 11.3 Å². The van der Waals surface area contributed by atoms with Crippen molar-refractivity contribution in [2.24, 2.45) is 0 Å². The quantitative estimate of drug-likeness (QED) is 0.173. The van der Waals surface area contributed by atoms with Crippen molar-refractivity contribution in [3.63, 3.8) is 0 Å². The zero-order valence-corrected chi connectivity index (χ0v) is 22.5. The van der Waals surface area contributed by atoms with Crippen LogP contribution in [0.15, 0.2) is 65.1 Å². The lowest BCUT2D eigenvalue weighted by Gasteiger charge is -2.02. The van der Waals surface area contributed by atoms with E-state index in [0.717, 1.165) is 17.6 Å². The van der Waals surface area contributed by atoms with Crippen molar-refractivity contribution in [2.75, 3.05) is 0 Å². The molecule has 0 fully saturated rings. The zero-order chi connectivity index (χ0) is 24.5. The Kier molecular flexibility index (Phi) is 6.71. The van der Waals surface area contributed by atoms with Crippen LogP contribution in [0.5, 0.6) is 0 Å². The van der Waals surface area contributed by atoms with E-state index in [9.17, 15) is 0 Å². The monoisotopic (exact) mass is 492 g/mol. The highest BCUT2D eigenvalue weighted by Gasteiger charge is 2.15. The summed E-state index contributed by atoms with van der Waals surface area (Å²) in [5.74, 6) is 0. The van der Waals surface area contributed by atoms with Gasteiger partial charge in [-0.1, -0.05) is 88.8 Å². The molecule has 0 aliphatic rings. The molecule has 0 radical (unpaired) electrons. The Morgan fingerprint density at radius 1 is 0.556 bits per heavy atom. The molecule has 2 aromatic heterocycles. The Morgan fingerprint density at radius 3 is 1.81 bits per heavy atom. The molecule has 0 spiro atoms. The van der Waals surface area contributed by atoms with Crippen LogP contribution in [0.25, 0.3) is 52.9 Å². The van der Waals surface area contributed by atoms with Crippen molar-refractivity contribution < 1.29 is 4.42 Å². The summed E-state index contributed by atoms with van der Waals surface area (Å²) in [5.41, 5.74) is 4.91. The van der Waals surface area contributed by atoms with E-state index in [-0.39, 0.29) is 0 Å². The average molecular weight is 493 g/mol. The van der Waals surface area contributed by atoms with E-state index >= 15 is 0 Å². The minimum absolute atomic E-state index is 1.02. The lowest BCUT2D eigenvalue weighted by Crippen LogP contribution is -1.85. The molecule has 2 heteroatoms. The van der Waals surface area contributed by atoms with Gasteiger partial charge in [0.05, 0.1) is 0 Å². The molecule has 1 nitrogen and oxygen atoms in total. The molecule has 36 heavy (non-hydrogen) atoms. The third-order valence-corrected chi connectivity index (χ3v) is 9.04. The van der Waals surface area contributed by atoms with E-state index in [1.54, 1.807) is 0 Å². The van der Waals surface area contributed by atoms with E-state index in [4.69, 9.17) is 4.42 Å². The highest BCUT2D eigenvalue weighted by molar-refractivity contribution is 7.26. The lowest BCUT2D eigenvalue weighted by molar-refractivity contribution is 0.660. The van der Waals surface area contributed by atoms with Crippen LogP contribution in [0, 0.1) is 0 Å². The fourth-order valence-corrected chi connectivity index (χ4v) is 7.08. The first-order valence-electron chi connectivity index (χ1n) is 14.0. The Hall–Kier alpha value is -2.84. The third-order valence-electron chi connectivity index (χ3n) is 7.84. The maximum atomic E-state index is 6.54. The molecule has 4 aromatic carbocycles. The number of furan rings is 1. The van der Waals surface area contributed by atoms with E-state index < -0.39 is 0 Å². The normalized spacial score (nSPS) is 12.2. The molecule has 0 aliphatic heterocycles. The van der Waals surface area contributed by atoms with Crippen LogP contribution in [0.4, 0.5) is 0 Å². The van der Waals surface area contributed by atoms with Crippen LogP contribution in [-0.2, 0) is 12.8 Å². The molecule has 6 aromatic rings. The van der Waals surface area contributed by atoms with Gasteiger partial charge in [-0.05, 0) is 61.1 Å². The molecule has 0 amide bonds. The number of hydrogen-bond acceptors (Lipinski definition) is 2. The van der Waals surface area contributed by atoms with Crippen LogP contribution in [0.3, 0.4) is 0 Å². The Bertz CT molecular complexity index is 1540. The van der Waals surface area contributed by atoms with E-state index in [2.05, 4.69) is 74.5 Å². The van der Waals surface area contributed by atoms with Crippen molar-refractivity contribution >= 4 is 64.2 Å². The molecular weight excluding hydrogens is 456 g/mol. The second-order valence-electron chi connectivity index (χ2n) is 10.5. The summed E-state index contributed by atoms with van der Waals surface area (Å²) < 4.78 is 9.33. The van der Waals surface area contributed by atoms with Gasteiger partial charge in [-0.15, -0.1) is 11.3 Å². The Balaban J connectivity index is 1.39. The van der Waals surface area contributed by atoms with E-state index in [0.29, 0.717) is 0 Å². The number of hydrogen-bond donors (Lipinski definition) is 0. The van der Waals surface area contributed by atoms with Gasteiger partial charge < -0.3 is 4.42 Å². The smallest absolute Gasteiger partial charge is 0.143 e. The number of benzene rings is 4. The van der Waals surface area contributed by atoms with Gasteiger partial charge in [0.15, 0.2) is 0 Å². The van der Waals surface area contributed by atoms with Crippen molar-refractivity contribution in [3.8, 4) is 0 Å². The van der Waals surface area contributed by atoms with Gasteiger partial charge in [0.2, 0.25) is 0 Å². The summed E-state index contributed by atoms with van der Waals surface area (Å²) in [5, 5.41) is 7.74. The maximum absolute atomic E-state index is 6.54. The summed E-state index contributed by atoms with van der Waals surface area (Å²) in [7, 11) is 0. The molecule has 0 unspecified atom stereocenters. The molecule has 6 rings (SSSR count). The molecule has 0 bridgehead atoms. The van der Waals surface area contributed by atoms with Crippen molar-refractivity contribution in [1.29, 1.82) is 0 Å². The molecule has 0 saturated heterocycles. The fourth-order valence-electron chi connectivity index (χ4n) is 5.78. The summed E-state index contributed by atoms with van der Waals surface area (Å²) in [4.78, 5) is 0. The third kappa shape index (κ3) is 4.30. The standard InChI is InChI=1S/C34H36OS/c1-3-5-7-9-11-23-13-15-25-27-17-20-30-28(33(27)35-31(25)21-23)18-19-29-26-16-14-24(12-10-8-6-4-2)22-32(26)36-34(29)30/h13-22H,3-12H2,1-2H3. The minimum Gasteiger partial charge on any atom is -0.455 e. The Labute approximate surface area is 218 Å². The summed E-state index contributed by atoms with van der Waals surface area (Å²) in [6.45, 7) is 4.55. The van der Waals surface area contributed by atoms with Crippen LogP contribution in [0.2, 0.25) is 0 Å². The predicted molar refractivity (Wildman–Crippen MR) is 160 cm³/mol. The maximum Gasteiger partial charge on any atom is 0.143 e. The van der Waals surface area contributed by atoms with Crippen LogP contribution in [0.1, 0.15) is 76.3 Å². The Morgan fingerprint density at radius 2 is 1.11 bits per heavy atom. The number of rotatable bonds is 10. The molecule has 0 N–H and O–H groups in total. The van der Waals surface area contributed by atoms with Gasteiger partial charge >= 0.3 is 0 Å². The molecule has 0 aliphatic carbocycles. The van der Waals surface area contributed by atoms with E-state index in [1.807, 2.05) is 11.3 Å². The summed E-state index contributed by atoms with van der Waals surface area (Å²) >= 11 is 1.94. The van der Waals surface area contributed by atoms with Crippen LogP contribution in [-0.4, -0.2) is 0 Å². The van der Waals surface area contributed by atoms with Gasteiger partial charge in [-0.25, -0.2) is 0 Å². The predicted octanol–water partition coefficient (Wildman–Crippen LogP) is 11.4. The number of aryl methyl sites for hydroxylation is 2. The second-order valence-corrected chi connectivity index (χ2v) is 11.5. The lowest BCUT2D eigenvalue weighted by atomic mass is 10.0. The number of fused-ring (bicyclic) bond motifs is 9. The molecule has 0 saturated carbocycles. The van der Waals surface area contributed by atoms with Crippen LogP contribution < -0.4 is 0 Å². The molecule has 0 atom stereocenters. The fraction of sp³-hybridized carbons (Fsp3) is 0.353. The van der Waals surface area contributed by atoms with Gasteiger partial charge in [0.1, 0.15) is 11.2 Å². The topological polar surface area (TPSA) is 13.1 Å². The van der Waals surface area contributed by atoms with Crippen molar-refractivity contribution in [1.82, 2.24) is 0 Å². The summed E-state index contributed by atoms with van der Waals surface area (Å²) in [6, 6.07) is 23.1. The molecular formula is C34H36OS. The number of unbranched alkanes of at least 4 members (excludes halogenated alkanes) is 6. The molecule has 184 valence electrons. The minimum atomic E-state index is 1.02. The highest BCUT2D eigenvalue weighted by atomic mass is 32.1.